The molecule has 2 aromatic rings. The van der Waals surface area contributed by atoms with Gasteiger partial charge in [0.15, 0.2) is 0 Å². The van der Waals surface area contributed by atoms with Gasteiger partial charge in [0, 0.05) is 22.4 Å². The molecule has 1 aromatic carbocycles. The van der Waals surface area contributed by atoms with Gasteiger partial charge in [-0.05, 0) is 23.8 Å². The fraction of sp³-hybridized carbons (Fsp3) is 0.0833. The Balaban J connectivity index is 2.52. The highest BCUT2D eigenvalue weighted by atomic mass is 79.9. The molecule has 0 fully saturated rings. The molecule has 1 atom stereocenters. The zero-order chi connectivity index (χ0) is 13.1. The van der Waals surface area contributed by atoms with E-state index in [1.165, 1.54) is 18.3 Å². The molecule has 0 saturated heterocycles. The Morgan fingerprint density at radius 3 is 2.44 bits per heavy atom. The molecule has 2 rings (SSSR count). The van der Waals surface area contributed by atoms with Gasteiger partial charge in [0.05, 0.1) is 6.04 Å². The lowest BCUT2D eigenvalue weighted by Crippen LogP contribution is -2.30. The summed E-state index contributed by atoms with van der Waals surface area (Å²) in [7, 11) is 0. The van der Waals surface area contributed by atoms with E-state index < -0.39 is 17.7 Å². The van der Waals surface area contributed by atoms with E-state index in [9.17, 15) is 8.78 Å². The predicted molar refractivity (Wildman–Crippen MR) is 67.5 cm³/mol. The zero-order valence-electron chi connectivity index (χ0n) is 9.20. The maximum atomic E-state index is 13.8. The quantitative estimate of drug-likeness (QED) is 0.676. The van der Waals surface area contributed by atoms with Crippen LogP contribution >= 0.6 is 15.9 Å². The molecule has 0 aliphatic rings. The Morgan fingerprint density at radius 1 is 1.28 bits per heavy atom. The van der Waals surface area contributed by atoms with Gasteiger partial charge in [-0.3, -0.25) is 10.8 Å². The van der Waals surface area contributed by atoms with Gasteiger partial charge in [-0.1, -0.05) is 22.0 Å². The van der Waals surface area contributed by atoms with Crippen LogP contribution in [-0.4, -0.2) is 4.98 Å². The fourth-order valence-corrected chi connectivity index (χ4v) is 2.12. The van der Waals surface area contributed by atoms with E-state index in [4.69, 9.17) is 5.84 Å². The largest absolute Gasteiger partial charge is 0.271 e. The Morgan fingerprint density at radius 2 is 1.94 bits per heavy atom. The van der Waals surface area contributed by atoms with E-state index >= 15 is 0 Å². The van der Waals surface area contributed by atoms with Crippen LogP contribution in [0.25, 0.3) is 0 Å². The van der Waals surface area contributed by atoms with Crippen LogP contribution in [0.3, 0.4) is 0 Å². The number of nitrogens with zero attached hydrogens (tertiary/aromatic N) is 1. The maximum Gasteiger partial charge on any atom is 0.132 e. The van der Waals surface area contributed by atoms with Crippen LogP contribution in [0, 0.1) is 11.6 Å². The Kier molecular flexibility index (Phi) is 4.00. The minimum Gasteiger partial charge on any atom is -0.271 e. The van der Waals surface area contributed by atoms with Gasteiger partial charge in [-0.2, -0.15) is 0 Å². The van der Waals surface area contributed by atoms with Crippen LogP contribution in [0.1, 0.15) is 17.2 Å². The van der Waals surface area contributed by atoms with Crippen molar-refractivity contribution in [3.05, 3.63) is 63.9 Å². The van der Waals surface area contributed by atoms with Crippen molar-refractivity contribution in [1.29, 1.82) is 0 Å². The third kappa shape index (κ3) is 2.55. The van der Waals surface area contributed by atoms with Crippen LogP contribution in [0.15, 0.2) is 41.1 Å². The summed E-state index contributed by atoms with van der Waals surface area (Å²) < 4.78 is 28.0. The molecule has 3 nitrogen and oxygen atoms in total. The lowest BCUT2D eigenvalue weighted by molar-refractivity contribution is 0.509. The van der Waals surface area contributed by atoms with Gasteiger partial charge < -0.3 is 0 Å². The molecule has 0 saturated carbocycles. The number of nitrogens with one attached hydrogen (secondary N) is 1. The van der Waals surface area contributed by atoms with Crippen LogP contribution in [0.4, 0.5) is 8.78 Å². The third-order valence-corrected chi connectivity index (χ3v) is 2.97. The van der Waals surface area contributed by atoms with Crippen molar-refractivity contribution in [1.82, 2.24) is 10.4 Å². The van der Waals surface area contributed by atoms with Crippen molar-refractivity contribution in [2.75, 3.05) is 0 Å². The second kappa shape index (κ2) is 5.51. The molecule has 0 amide bonds. The van der Waals surface area contributed by atoms with E-state index in [1.54, 1.807) is 18.3 Å². The minimum absolute atomic E-state index is 0.131. The van der Waals surface area contributed by atoms with E-state index in [-0.39, 0.29) is 5.56 Å². The average molecular weight is 314 g/mol. The van der Waals surface area contributed by atoms with E-state index in [0.717, 1.165) is 0 Å². The molecule has 0 bridgehead atoms. The highest BCUT2D eigenvalue weighted by molar-refractivity contribution is 9.10. The molecular formula is C12H10BrF2N3. The van der Waals surface area contributed by atoms with Gasteiger partial charge in [0.2, 0.25) is 0 Å². The molecule has 0 aliphatic carbocycles. The fourth-order valence-electron chi connectivity index (χ4n) is 1.72. The molecule has 1 aromatic heterocycles. The van der Waals surface area contributed by atoms with Gasteiger partial charge in [-0.15, -0.1) is 0 Å². The van der Waals surface area contributed by atoms with Crippen LogP contribution in [0.5, 0.6) is 0 Å². The first-order chi connectivity index (χ1) is 8.63. The first-order valence-corrected chi connectivity index (χ1v) is 5.93. The number of hydrazine groups is 1. The Bertz CT molecular complexity index is 525. The number of rotatable bonds is 3. The first-order valence-electron chi connectivity index (χ1n) is 5.14. The summed E-state index contributed by atoms with van der Waals surface area (Å²) in [6, 6.07) is 4.97. The summed E-state index contributed by atoms with van der Waals surface area (Å²) in [6.07, 6.45) is 3.08. The molecule has 94 valence electrons. The minimum atomic E-state index is -0.785. The number of hydrogen-bond acceptors (Lipinski definition) is 3. The lowest BCUT2D eigenvalue weighted by atomic mass is 10.00. The van der Waals surface area contributed by atoms with Crippen molar-refractivity contribution in [3.8, 4) is 0 Å². The summed E-state index contributed by atoms with van der Waals surface area (Å²) in [5, 5.41) is 0. The number of nitrogens with two attached hydrogens (primary N) is 1. The second-order valence-corrected chi connectivity index (χ2v) is 4.58. The third-order valence-electron chi connectivity index (χ3n) is 2.52. The van der Waals surface area contributed by atoms with E-state index in [2.05, 4.69) is 26.3 Å². The standard InChI is InChI=1S/C12H10BrF2N3/c13-8-4-9(14)11(10(15)5-8)12(18-16)7-2-1-3-17-6-7/h1-6,12,18H,16H2. The van der Waals surface area contributed by atoms with Gasteiger partial charge in [0.1, 0.15) is 11.6 Å². The Labute approximate surface area is 111 Å². The van der Waals surface area contributed by atoms with Crippen molar-refractivity contribution < 1.29 is 8.78 Å². The highest BCUT2D eigenvalue weighted by Crippen LogP contribution is 2.28. The second-order valence-electron chi connectivity index (χ2n) is 3.67. The number of benzene rings is 1. The van der Waals surface area contributed by atoms with E-state index in [1.807, 2.05) is 0 Å². The number of aromatic nitrogens is 1. The van der Waals surface area contributed by atoms with Crippen molar-refractivity contribution in [2.45, 2.75) is 6.04 Å². The molecule has 1 heterocycles. The van der Waals surface area contributed by atoms with Gasteiger partial charge >= 0.3 is 0 Å². The molecule has 0 aliphatic heterocycles. The van der Waals surface area contributed by atoms with Crippen molar-refractivity contribution >= 4 is 15.9 Å². The normalized spacial score (nSPS) is 12.4. The SMILES string of the molecule is NNC(c1cccnc1)c1c(F)cc(Br)cc1F. The molecular weight excluding hydrogens is 304 g/mol. The van der Waals surface area contributed by atoms with E-state index in [0.29, 0.717) is 10.0 Å². The van der Waals surface area contributed by atoms with Crippen LogP contribution < -0.4 is 11.3 Å². The predicted octanol–water partition coefficient (Wildman–Crippen LogP) is 2.68. The highest BCUT2D eigenvalue weighted by Gasteiger charge is 2.21. The molecule has 18 heavy (non-hydrogen) atoms. The molecule has 0 radical (unpaired) electrons. The monoisotopic (exact) mass is 313 g/mol. The number of hydrogen-bond donors (Lipinski definition) is 2. The zero-order valence-corrected chi connectivity index (χ0v) is 10.8. The summed E-state index contributed by atoms with van der Waals surface area (Å²) >= 11 is 3.03. The Hall–Kier alpha value is -1.37. The number of pyridine rings is 1. The number of halogens is 3. The van der Waals surface area contributed by atoms with Gasteiger partial charge in [-0.25, -0.2) is 14.2 Å². The first kappa shape index (κ1) is 13.1. The lowest BCUT2D eigenvalue weighted by Gasteiger charge is -2.18. The summed E-state index contributed by atoms with van der Waals surface area (Å²) in [6.45, 7) is 0. The molecule has 3 N–H and O–H groups in total. The maximum absolute atomic E-state index is 13.8. The average Bonchev–Trinajstić information content (AvgIpc) is 2.34. The summed E-state index contributed by atoms with van der Waals surface area (Å²) in [5.41, 5.74) is 2.85. The van der Waals surface area contributed by atoms with Crippen LogP contribution in [-0.2, 0) is 0 Å². The van der Waals surface area contributed by atoms with Crippen molar-refractivity contribution in [2.24, 2.45) is 5.84 Å². The summed E-state index contributed by atoms with van der Waals surface area (Å²) in [5.74, 6) is 4.04. The smallest absolute Gasteiger partial charge is 0.132 e. The van der Waals surface area contributed by atoms with Gasteiger partial charge in [0.25, 0.3) is 0 Å². The molecule has 6 heteroatoms. The van der Waals surface area contributed by atoms with Crippen molar-refractivity contribution in [3.63, 3.8) is 0 Å². The topological polar surface area (TPSA) is 50.9 Å². The molecule has 0 spiro atoms. The van der Waals surface area contributed by atoms with Crippen LogP contribution in [0.2, 0.25) is 0 Å². The molecule has 1 unspecified atom stereocenters. The summed E-state index contributed by atoms with van der Waals surface area (Å²) in [4.78, 5) is 3.91.